The lowest BCUT2D eigenvalue weighted by Gasteiger charge is -2.28. The topological polar surface area (TPSA) is 20.3 Å². The number of halogens is 1. The molecule has 0 atom stereocenters. The molecule has 0 spiro atoms. The number of nitrogens with zero attached hydrogens (tertiary/aromatic N) is 1. The molecule has 0 radical (unpaired) electrons. The van der Waals surface area contributed by atoms with Crippen LogP contribution in [0.3, 0.4) is 0 Å². The third-order valence-corrected chi connectivity index (χ3v) is 5.02. The SMILES string of the molecule is O=C(c1csc(I)c1)N1CCc2ccccc2C1. The molecule has 3 rings (SSSR count). The van der Waals surface area contributed by atoms with E-state index < -0.39 is 0 Å². The van der Waals surface area contributed by atoms with Gasteiger partial charge in [-0.2, -0.15) is 0 Å². The molecule has 2 aromatic rings. The molecule has 0 aliphatic carbocycles. The highest BCUT2D eigenvalue weighted by atomic mass is 127. The standard InChI is InChI=1S/C14H12INOS/c15-13-7-12(9-18-13)14(17)16-6-5-10-3-1-2-4-11(10)8-16/h1-4,7,9H,5-6,8H2. The van der Waals surface area contributed by atoms with E-state index in [2.05, 4.69) is 40.8 Å². The van der Waals surface area contributed by atoms with Crippen LogP contribution in [0.1, 0.15) is 21.5 Å². The van der Waals surface area contributed by atoms with Crippen LogP contribution in [-0.4, -0.2) is 17.4 Å². The minimum Gasteiger partial charge on any atom is -0.334 e. The van der Waals surface area contributed by atoms with Gasteiger partial charge >= 0.3 is 0 Å². The molecule has 0 unspecified atom stereocenters. The summed E-state index contributed by atoms with van der Waals surface area (Å²) in [5.41, 5.74) is 3.48. The number of fused-ring (bicyclic) bond motifs is 1. The van der Waals surface area contributed by atoms with E-state index >= 15 is 0 Å². The van der Waals surface area contributed by atoms with Crippen molar-refractivity contribution in [1.29, 1.82) is 0 Å². The summed E-state index contributed by atoms with van der Waals surface area (Å²) in [7, 11) is 0. The first-order chi connectivity index (χ1) is 8.74. The summed E-state index contributed by atoms with van der Waals surface area (Å²) in [4.78, 5) is 14.3. The van der Waals surface area contributed by atoms with Crippen LogP contribution in [0.4, 0.5) is 0 Å². The molecule has 0 fully saturated rings. The Morgan fingerprint density at radius 2 is 2.06 bits per heavy atom. The number of benzene rings is 1. The molecule has 0 bridgehead atoms. The number of hydrogen-bond acceptors (Lipinski definition) is 2. The summed E-state index contributed by atoms with van der Waals surface area (Å²) in [6.45, 7) is 1.56. The van der Waals surface area contributed by atoms with Crippen molar-refractivity contribution in [3.05, 3.63) is 55.3 Å². The Morgan fingerprint density at radius 3 is 2.78 bits per heavy atom. The minimum atomic E-state index is 0.156. The highest BCUT2D eigenvalue weighted by Gasteiger charge is 2.21. The maximum atomic E-state index is 12.4. The lowest BCUT2D eigenvalue weighted by atomic mass is 9.99. The summed E-state index contributed by atoms with van der Waals surface area (Å²) in [6.07, 6.45) is 0.961. The Bertz CT molecular complexity index is 593. The summed E-state index contributed by atoms with van der Waals surface area (Å²) in [6, 6.07) is 10.3. The van der Waals surface area contributed by atoms with Gasteiger partial charge in [-0.15, -0.1) is 11.3 Å². The van der Waals surface area contributed by atoms with Gasteiger partial charge in [0.1, 0.15) is 0 Å². The fraction of sp³-hybridized carbons (Fsp3) is 0.214. The van der Waals surface area contributed by atoms with Crippen molar-refractivity contribution >= 4 is 39.8 Å². The molecule has 0 N–H and O–H groups in total. The summed E-state index contributed by atoms with van der Waals surface area (Å²) in [5.74, 6) is 0.156. The molecule has 1 aliphatic rings. The Morgan fingerprint density at radius 1 is 1.28 bits per heavy atom. The van der Waals surface area contributed by atoms with E-state index in [-0.39, 0.29) is 5.91 Å². The van der Waals surface area contributed by atoms with Gasteiger partial charge in [-0.25, -0.2) is 0 Å². The van der Waals surface area contributed by atoms with Gasteiger partial charge in [-0.1, -0.05) is 24.3 Å². The van der Waals surface area contributed by atoms with Crippen molar-refractivity contribution in [1.82, 2.24) is 4.90 Å². The summed E-state index contributed by atoms with van der Waals surface area (Å²) in [5, 5.41) is 1.95. The zero-order valence-corrected chi connectivity index (χ0v) is 12.7. The largest absolute Gasteiger partial charge is 0.334 e. The predicted molar refractivity (Wildman–Crippen MR) is 81.9 cm³/mol. The van der Waals surface area contributed by atoms with E-state index in [1.165, 1.54) is 11.1 Å². The van der Waals surface area contributed by atoms with Gasteiger partial charge in [0, 0.05) is 18.5 Å². The highest BCUT2D eigenvalue weighted by Crippen LogP contribution is 2.23. The third-order valence-electron chi connectivity index (χ3n) is 3.23. The quantitative estimate of drug-likeness (QED) is 0.704. The second kappa shape index (κ2) is 5.01. The van der Waals surface area contributed by atoms with Crippen molar-refractivity contribution in [2.24, 2.45) is 0 Å². The molecule has 2 heterocycles. The normalized spacial score (nSPS) is 14.4. The van der Waals surface area contributed by atoms with E-state index in [1.54, 1.807) is 11.3 Å². The predicted octanol–water partition coefficient (Wildman–Crippen LogP) is 3.55. The van der Waals surface area contributed by atoms with E-state index in [9.17, 15) is 4.79 Å². The van der Waals surface area contributed by atoms with E-state index in [4.69, 9.17) is 0 Å². The Balaban J connectivity index is 1.82. The molecule has 18 heavy (non-hydrogen) atoms. The van der Waals surface area contributed by atoms with Crippen molar-refractivity contribution in [3.8, 4) is 0 Å². The molecule has 1 aromatic carbocycles. The number of rotatable bonds is 1. The van der Waals surface area contributed by atoms with Gasteiger partial charge in [0.2, 0.25) is 0 Å². The summed E-state index contributed by atoms with van der Waals surface area (Å²) < 4.78 is 1.16. The number of carbonyl (C=O) groups is 1. The Labute approximate surface area is 124 Å². The zero-order valence-electron chi connectivity index (χ0n) is 9.73. The monoisotopic (exact) mass is 369 g/mol. The third kappa shape index (κ3) is 2.31. The molecule has 1 aliphatic heterocycles. The van der Waals surface area contributed by atoms with E-state index in [0.717, 1.165) is 28.0 Å². The lowest BCUT2D eigenvalue weighted by Crippen LogP contribution is -2.35. The van der Waals surface area contributed by atoms with Crippen LogP contribution in [0.2, 0.25) is 0 Å². The van der Waals surface area contributed by atoms with Gasteiger partial charge in [-0.05, 0) is 46.2 Å². The second-order valence-corrected chi connectivity index (χ2v) is 7.19. The molecule has 0 saturated heterocycles. The van der Waals surface area contributed by atoms with Gasteiger partial charge in [0.25, 0.3) is 5.91 Å². The summed E-state index contributed by atoms with van der Waals surface area (Å²) >= 11 is 3.87. The first-order valence-corrected chi connectivity index (χ1v) is 7.80. The first kappa shape index (κ1) is 12.2. The first-order valence-electron chi connectivity index (χ1n) is 5.84. The number of thiophene rings is 1. The number of hydrogen-bond donors (Lipinski definition) is 0. The van der Waals surface area contributed by atoms with Crippen LogP contribution >= 0.6 is 33.9 Å². The highest BCUT2D eigenvalue weighted by molar-refractivity contribution is 14.1. The van der Waals surface area contributed by atoms with Crippen LogP contribution in [0.5, 0.6) is 0 Å². The van der Waals surface area contributed by atoms with Gasteiger partial charge < -0.3 is 4.90 Å². The molecule has 92 valence electrons. The Kier molecular flexibility index (Phi) is 3.39. The fourth-order valence-electron chi connectivity index (χ4n) is 2.27. The van der Waals surface area contributed by atoms with Crippen LogP contribution < -0.4 is 0 Å². The van der Waals surface area contributed by atoms with Crippen molar-refractivity contribution in [3.63, 3.8) is 0 Å². The van der Waals surface area contributed by atoms with Gasteiger partial charge in [0.05, 0.1) is 8.45 Å². The molecule has 0 saturated carbocycles. The fourth-order valence-corrected chi connectivity index (χ4v) is 3.59. The van der Waals surface area contributed by atoms with E-state index in [0.29, 0.717) is 0 Å². The zero-order chi connectivity index (χ0) is 12.5. The van der Waals surface area contributed by atoms with Crippen molar-refractivity contribution in [2.45, 2.75) is 13.0 Å². The van der Waals surface area contributed by atoms with Crippen molar-refractivity contribution in [2.75, 3.05) is 6.54 Å². The molecule has 2 nitrogen and oxygen atoms in total. The van der Waals surface area contributed by atoms with Crippen molar-refractivity contribution < 1.29 is 4.79 Å². The number of amides is 1. The average molecular weight is 369 g/mol. The second-order valence-electron chi connectivity index (χ2n) is 4.38. The molecular weight excluding hydrogens is 357 g/mol. The lowest BCUT2D eigenvalue weighted by molar-refractivity contribution is 0.0735. The maximum absolute atomic E-state index is 12.4. The van der Waals surface area contributed by atoms with Crippen LogP contribution in [0.25, 0.3) is 0 Å². The minimum absolute atomic E-state index is 0.156. The number of carbonyl (C=O) groups excluding carboxylic acids is 1. The van der Waals surface area contributed by atoms with Crippen LogP contribution in [-0.2, 0) is 13.0 Å². The molecule has 1 aromatic heterocycles. The average Bonchev–Trinajstić information content (AvgIpc) is 2.84. The van der Waals surface area contributed by atoms with Gasteiger partial charge in [0.15, 0.2) is 0 Å². The van der Waals surface area contributed by atoms with Crippen LogP contribution in [0.15, 0.2) is 35.7 Å². The smallest absolute Gasteiger partial charge is 0.255 e. The molecular formula is C14H12INOS. The molecule has 4 heteroatoms. The molecule has 1 amide bonds. The Hall–Kier alpha value is -0.880. The van der Waals surface area contributed by atoms with Gasteiger partial charge in [-0.3, -0.25) is 4.79 Å². The maximum Gasteiger partial charge on any atom is 0.255 e. The van der Waals surface area contributed by atoms with Crippen LogP contribution in [0, 0.1) is 2.88 Å². The van der Waals surface area contributed by atoms with E-state index in [1.807, 2.05) is 22.4 Å².